The van der Waals surface area contributed by atoms with Gasteiger partial charge in [-0.2, -0.15) is 5.10 Å². The van der Waals surface area contributed by atoms with Crippen molar-refractivity contribution in [3.05, 3.63) is 35.9 Å². The summed E-state index contributed by atoms with van der Waals surface area (Å²) in [5, 5.41) is 4.38. The molecule has 2 heterocycles. The number of carbonyl (C=O) groups is 1. The van der Waals surface area contributed by atoms with Crippen LogP contribution in [-0.4, -0.2) is 20.3 Å². The van der Waals surface area contributed by atoms with Crippen LogP contribution >= 0.6 is 0 Å². The topological polar surface area (TPSA) is 75.1 Å². The van der Waals surface area contributed by atoms with E-state index in [9.17, 15) is 4.79 Å². The number of ether oxygens (including phenoxy) is 1. The highest BCUT2D eigenvalue weighted by molar-refractivity contribution is 5.89. The third-order valence-corrected chi connectivity index (χ3v) is 3.29. The van der Waals surface area contributed by atoms with Crippen LogP contribution in [0.3, 0.4) is 0 Å². The van der Waals surface area contributed by atoms with Crippen LogP contribution in [0.1, 0.15) is 42.5 Å². The molecular formula is C14H20N4O2. The summed E-state index contributed by atoms with van der Waals surface area (Å²) in [4.78, 5) is 11.9. The van der Waals surface area contributed by atoms with Crippen LogP contribution in [0.25, 0.3) is 0 Å². The standard InChI is InChI=1S/C14H20N4O2/c1-4-10(2)18-6-5-12(16-18)9-20-14(19)13-7-11(15)8-17(13)3/h5-8,10H,4,9,15H2,1-3H3. The molecule has 0 amide bonds. The second kappa shape index (κ2) is 5.81. The van der Waals surface area contributed by atoms with E-state index in [1.54, 1.807) is 23.9 Å². The Kier molecular flexibility index (Phi) is 4.12. The molecule has 6 heteroatoms. The Morgan fingerprint density at radius 3 is 2.90 bits per heavy atom. The average molecular weight is 276 g/mol. The third kappa shape index (κ3) is 3.01. The molecule has 2 aromatic heterocycles. The monoisotopic (exact) mass is 276 g/mol. The number of hydrogen-bond donors (Lipinski definition) is 1. The number of anilines is 1. The first-order valence-corrected chi connectivity index (χ1v) is 6.64. The summed E-state index contributed by atoms with van der Waals surface area (Å²) in [5.74, 6) is -0.401. The number of hydrogen-bond acceptors (Lipinski definition) is 4. The molecule has 20 heavy (non-hydrogen) atoms. The van der Waals surface area contributed by atoms with Crippen LogP contribution in [-0.2, 0) is 18.4 Å². The van der Waals surface area contributed by atoms with Gasteiger partial charge < -0.3 is 15.0 Å². The number of aryl methyl sites for hydroxylation is 1. The van der Waals surface area contributed by atoms with Gasteiger partial charge in [0.2, 0.25) is 0 Å². The van der Waals surface area contributed by atoms with Gasteiger partial charge in [0, 0.05) is 25.5 Å². The highest BCUT2D eigenvalue weighted by Crippen LogP contribution is 2.12. The third-order valence-electron chi connectivity index (χ3n) is 3.29. The van der Waals surface area contributed by atoms with Gasteiger partial charge >= 0.3 is 5.97 Å². The van der Waals surface area contributed by atoms with E-state index in [2.05, 4.69) is 18.9 Å². The summed E-state index contributed by atoms with van der Waals surface area (Å²) in [6, 6.07) is 3.80. The largest absolute Gasteiger partial charge is 0.454 e. The summed E-state index contributed by atoms with van der Waals surface area (Å²) in [6.07, 6.45) is 4.58. The van der Waals surface area contributed by atoms with Gasteiger partial charge in [0.1, 0.15) is 12.3 Å². The summed E-state index contributed by atoms with van der Waals surface area (Å²) < 4.78 is 8.77. The molecule has 0 saturated heterocycles. The van der Waals surface area contributed by atoms with Crippen LogP contribution in [0.15, 0.2) is 24.5 Å². The van der Waals surface area contributed by atoms with Crippen LogP contribution in [0.5, 0.6) is 0 Å². The molecular weight excluding hydrogens is 256 g/mol. The van der Waals surface area contributed by atoms with Gasteiger partial charge in [-0.15, -0.1) is 0 Å². The molecule has 0 spiro atoms. The normalized spacial score (nSPS) is 12.3. The quantitative estimate of drug-likeness (QED) is 0.849. The Hall–Kier alpha value is -2.24. The zero-order valence-electron chi connectivity index (χ0n) is 12.0. The molecule has 0 radical (unpaired) electrons. The SMILES string of the molecule is CCC(C)n1ccc(COC(=O)c2cc(N)cn2C)n1. The smallest absolute Gasteiger partial charge is 0.355 e. The predicted molar refractivity (Wildman–Crippen MR) is 76.2 cm³/mol. The fraction of sp³-hybridized carbons (Fsp3) is 0.429. The van der Waals surface area contributed by atoms with E-state index in [1.165, 1.54) is 0 Å². The number of aromatic nitrogens is 3. The maximum atomic E-state index is 11.9. The van der Waals surface area contributed by atoms with E-state index in [0.29, 0.717) is 17.4 Å². The number of nitrogen functional groups attached to an aromatic ring is 1. The lowest BCUT2D eigenvalue weighted by molar-refractivity contribution is 0.0455. The van der Waals surface area contributed by atoms with Crippen LogP contribution in [0.2, 0.25) is 0 Å². The first-order chi connectivity index (χ1) is 9.51. The molecule has 0 aliphatic rings. The number of esters is 1. The van der Waals surface area contributed by atoms with Crippen molar-refractivity contribution in [2.24, 2.45) is 7.05 Å². The average Bonchev–Trinajstić information content (AvgIpc) is 3.01. The minimum Gasteiger partial charge on any atom is -0.454 e. The molecule has 2 rings (SSSR count). The van der Waals surface area contributed by atoms with Gasteiger partial charge in [0.05, 0.1) is 11.4 Å². The zero-order chi connectivity index (χ0) is 14.7. The van der Waals surface area contributed by atoms with Crippen molar-refractivity contribution in [3.63, 3.8) is 0 Å². The van der Waals surface area contributed by atoms with Gasteiger partial charge in [-0.1, -0.05) is 6.92 Å². The molecule has 6 nitrogen and oxygen atoms in total. The van der Waals surface area contributed by atoms with Crippen molar-refractivity contribution < 1.29 is 9.53 Å². The molecule has 1 atom stereocenters. The first kappa shape index (κ1) is 14.2. The van der Waals surface area contributed by atoms with E-state index in [4.69, 9.17) is 10.5 Å². The molecule has 0 saturated carbocycles. The van der Waals surface area contributed by atoms with Crippen molar-refractivity contribution in [1.29, 1.82) is 0 Å². The second-order valence-electron chi connectivity index (χ2n) is 4.89. The highest BCUT2D eigenvalue weighted by Gasteiger charge is 2.13. The van der Waals surface area contributed by atoms with Crippen molar-refractivity contribution in [2.75, 3.05) is 5.73 Å². The van der Waals surface area contributed by atoms with Crippen LogP contribution in [0, 0.1) is 0 Å². The van der Waals surface area contributed by atoms with Gasteiger partial charge in [-0.25, -0.2) is 4.79 Å². The Morgan fingerprint density at radius 1 is 1.55 bits per heavy atom. The van der Waals surface area contributed by atoms with Crippen molar-refractivity contribution >= 4 is 11.7 Å². The van der Waals surface area contributed by atoms with Crippen molar-refractivity contribution in [2.45, 2.75) is 32.9 Å². The molecule has 0 aliphatic carbocycles. The minimum atomic E-state index is -0.401. The molecule has 108 valence electrons. The van der Waals surface area contributed by atoms with Gasteiger partial charge in [0.15, 0.2) is 0 Å². The zero-order valence-corrected chi connectivity index (χ0v) is 12.0. The Labute approximate surface area is 118 Å². The van der Waals surface area contributed by atoms with Gasteiger partial charge in [0.25, 0.3) is 0 Å². The van der Waals surface area contributed by atoms with E-state index in [1.807, 2.05) is 16.9 Å². The lowest BCUT2D eigenvalue weighted by atomic mass is 10.3. The predicted octanol–water partition coefficient (Wildman–Crippen LogP) is 2.13. The fourth-order valence-corrected chi connectivity index (χ4v) is 1.89. The van der Waals surface area contributed by atoms with E-state index < -0.39 is 5.97 Å². The fourth-order valence-electron chi connectivity index (χ4n) is 1.89. The highest BCUT2D eigenvalue weighted by atomic mass is 16.5. The van der Waals surface area contributed by atoms with Crippen molar-refractivity contribution in [3.8, 4) is 0 Å². The number of nitrogens with zero attached hydrogens (tertiary/aromatic N) is 3. The minimum absolute atomic E-state index is 0.160. The molecule has 2 N–H and O–H groups in total. The Balaban J connectivity index is 1.97. The number of rotatable bonds is 5. The van der Waals surface area contributed by atoms with Crippen molar-refractivity contribution in [1.82, 2.24) is 14.3 Å². The maximum Gasteiger partial charge on any atom is 0.355 e. The van der Waals surface area contributed by atoms with Gasteiger partial charge in [-0.3, -0.25) is 4.68 Å². The van der Waals surface area contributed by atoms with E-state index in [-0.39, 0.29) is 6.61 Å². The molecule has 0 fully saturated rings. The summed E-state index contributed by atoms with van der Waals surface area (Å²) >= 11 is 0. The molecule has 1 unspecified atom stereocenters. The molecule has 0 bridgehead atoms. The van der Waals surface area contributed by atoms with Crippen LogP contribution in [0.4, 0.5) is 5.69 Å². The molecule has 0 aliphatic heterocycles. The Bertz CT molecular complexity index is 600. The van der Waals surface area contributed by atoms with E-state index >= 15 is 0 Å². The lowest BCUT2D eigenvalue weighted by Gasteiger charge is -2.08. The molecule has 2 aromatic rings. The lowest BCUT2D eigenvalue weighted by Crippen LogP contribution is -2.10. The van der Waals surface area contributed by atoms with E-state index in [0.717, 1.165) is 12.1 Å². The number of carbonyl (C=O) groups excluding carboxylic acids is 1. The summed E-state index contributed by atoms with van der Waals surface area (Å²) in [5.41, 5.74) is 7.35. The Morgan fingerprint density at radius 2 is 2.30 bits per heavy atom. The van der Waals surface area contributed by atoms with Crippen LogP contribution < -0.4 is 5.73 Å². The first-order valence-electron chi connectivity index (χ1n) is 6.64. The summed E-state index contributed by atoms with van der Waals surface area (Å²) in [6.45, 7) is 4.36. The second-order valence-corrected chi connectivity index (χ2v) is 4.89. The molecule has 0 aromatic carbocycles. The number of nitrogens with two attached hydrogens (primary N) is 1. The summed E-state index contributed by atoms with van der Waals surface area (Å²) in [7, 11) is 1.75. The maximum absolute atomic E-state index is 11.9. The van der Waals surface area contributed by atoms with Gasteiger partial charge in [-0.05, 0) is 25.5 Å².